The van der Waals surface area contributed by atoms with E-state index in [1.807, 2.05) is 13.8 Å². The standard InChI is InChI=1S/C20H27N3O5S/c1-3-11-27-16-8-6-5-7-14(16)18(25)22-20(29)23-10-9-21-19(26)15(23)13-17(24)28-12-4-2/h5-8,15H,3-4,9-13H2,1-2H3,(H,21,26)(H,22,25,29). The minimum Gasteiger partial charge on any atom is -0.493 e. The summed E-state index contributed by atoms with van der Waals surface area (Å²) in [5.74, 6) is -0.773. The van der Waals surface area contributed by atoms with Gasteiger partial charge in [0.25, 0.3) is 5.91 Å². The van der Waals surface area contributed by atoms with Crippen molar-refractivity contribution in [3.05, 3.63) is 29.8 Å². The third-order valence-corrected chi connectivity index (χ3v) is 4.57. The minimum absolute atomic E-state index is 0.0865. The highest BCUT2D eigenvalue weighted by atomic mass is 32.1. The molecule has 0 aliphatic carbocycles. The van der Waals surface area contributed by atoms with E-state index >= 15 is 0 Å². The number of piperazine rings is 1. The molecule has 0 bridgehead atoms. The SMILES string of the molecule is CCCOC(=O)CC1C(=O)NCCN1C(=S)NC(=O)c1ccccc1OCCC. The molecule has 2 N–H and O–H groups in total. The number of carbonyl (C=O) groups is 3. The van der Waals surface area contributed by atoms with Gasteiger partial charge in [0.1, 0.15) is 11.8 Å². The van der Waals surface area contributed by atoms with Crippen LogP contribution in [0.1, 0.15) is 43.5 Å². The molecule has 0 aromatic heterocycles. The third kappa shape index (κ3) is 6.42. The summed E-state index contributed by atoms with van der Waals surface area (Å²) < 4.78 is 10.7. The van der Waals surface area contributed by atoms with E-state index in [0.717, 1.165) is 6.42 Å². The number of esters is 1. The second-order valence-electron chi connectivity index (χ2n) is 6.53. The van der Waals surface area contributed by atoms with Crippen LogP contribution in [0.5, 0.6) is 5.75 Å². The summed E-state index contributed by atoms with van der Waals surface area (Å²) in [5.41, 5.74) is 0.351. The number of nitrogens with one attached hydrogen (secondary N) is 2. The molecule has 0 spiro atoms. The lowest BCUT2D eigenvalue weighted by Crippen LogP contribution is -2.60. The average Bonchev–Trinajstić information content (AvgIpc) is 2.72. The van der Waals surface area contributed by atoms with Crippen molar-refractivity contribution in [2.75, 3.05) is 26.3 Å². The summed E-state index contributed by atoms with van der Waals surface area (Å²) in [6.45, 7) is 5.40. The molecule has 1 fully saturated rings. The molecule has 1 atom stereocenters. The van der Waals surface area contributed by atoms with Gasteiger partial charge in [0.05, 0.1) is 25.2 Å². The lowest BCUT2D eigenvalue weighted by atomic mass is 10.1. The number of thiocarbonyl (C=S) groups is 1. The highest BCUT2D eigenvalue weighted by Gasteiger charge is 2.34. The fraction of sp³-hybridized carbons (Fsp3) is 0.500. The van der Waals surface area contributed by atoms with Crippen molar-refractivity contribution in [3.63, 3.8) is 0 Å². The van der Waals surface area contributed by atoms with E-state index < -0.39 is 17.9 Å². The van der Waals surface area contributed by atoms with Gasteiger partial charge in [0.15, 0.2) is 5.11 Å². The first-order valence-electron chi connectivity index (χ1n) is 9.75. The van der Waals surface area contributed by atoms with Gasteiger partial charge >= 0.3 is 5.97 Å². The summed E-state index contributed by atoms with van der Waals surface area (Å²) in [5, 5.41) is 5.46. The van der Waals surface area contributed by atoms with E-state index in [1.165, 1.54) is 0 Å². The molecule has 0 radical (unpaired) electrons. The van der Waals surface area contributed by atoms with E-state index in [-0.39, 0.29) is 17.4 Å². The quantitative estimate of drug-likeness (QED) is 0.486. The molecule has 2 amide bonds. The Morgan fingerprint density at radius 3 is 2.69 bits per heavy atom. The summed E-state index contributed by atoms with van der Waals surface area (Å²) in [4.78, 5) is 38.6. The van der Waals surface area contributed by atoms with Gasteiger partial charge in [-0.05, 0) is 37.2 Å². The predicted molar refractivity (Wildman–Crippen MR) is 112 cm³/mol. The van der Waals surface area contributed by atoms with Crippen LogP contribution in [0.2, 0.25) is 0 Å². The molecule has 1 unspecified atom stereocenters. The molecular formula is C20H27N3O5S. The molecule has 1 aromatic carbocycles. The van der Waals surface area contributed by atoms with Gasteiger partial charge in [-0.1, -0.05) is 26.0 Å². The highest BCUT2D eigenvalue weighted by molar-refractivity contribution is 7.80. The summed E-state index contributed by atoms with van der Waals surface area (Å²) >= 11 is 5.37. The Labute approximate surface area is 175 Å². The molecule has 29 heavy (non-hydrogen) atoms. The van der Waals surface area contributed by atoms with E-state index in [4.69, 9.17) is 21.7 Å². The van der Waals surface area contributed by atoms with Gasteiger partial charge in [0.2, 0.25) is 5.91 Å². The van der Waals surface area contributed by atoms with Gasteiger partial charge in [-0.15, -0.1) is 0 Å². The van der Waals surface area contributed by atoms with Crippen LogP contribution < -0.4 is 15.4 Å². The van der Waals surface area contributed by atoms with Crippen LogP contribution in [-0.2, 0) is 14.3 Å². The van der Waals surface area contributed by atoms with E-state index in [0.29, 0.717) is 44.0 Å². The Morgan fingerprint density at radius 1 is 1.24 bits per heavy atom. The zero-order valence-electron chi connectivity index (χ0n) is 16.7. The van der Waals surface area contributed by atoms with Crippen LogP contribution in [0.15, 0.2) is 24.3 Å². The molecule has 158 valence electrons. The molecule has 1 heterocycles. The first kappa shape index (κ1) is 22.6. The van der Waals surface area contributed by atoms with Crippen molar-refractivity contribution in [1.82, 2.24) is 15.5 Å². The van der Waals surface area contributed by atoms with Crippen LogP contribution in [0, 0.1) is 0 Å². The Balaban J connectivity index is 2.08. The second-order valence-corrected chi connectivity index (χ2v) is 6.92. The average molecular weight is 422 g/mol. The number of amides is 2. The molecule has 0 saturated carbocycles. The summed E-state index contributed by atoms with van der Waals surface area (Å²) in [7, 11) is 0. The van der Waals surface area contributed by atoms with E-state index in [9.17, 15) is 14.4 Å². The van der Waals surface area contributed by atoms with Crippen molar-refractivity contribution in [1.29, 1.82) is 0 Å². The monoisotopic (exact) mass is 421 g/mol. The first-order valence-corrected chi connectivity index (χ1v) is 10.2. The molecule has 1 aliphatic rings. The lowest BCUT2D eigenvalue weighted by molar-refractivity contribution is -0.147. The molecule has 1 saturated heterocycles. The van der Waals surface area contributed by atoms with Crippen LogP contribution in [0.3, 0.4) is 0 Å². The Bertz CT molecular complexity index is 755. The normalized spacial score (nSPS) is 16.0. The molecule has 8 nitrogen and oxygen atoms in total. The fourth-order valence-corrected chi connectivity index (χ4v) is 3.13. The number of nitrogens with zero attached hydrogens (tertiary/aromatic N) is 1. The van der Waals surface area contributed by atoms with Crippen molar-refractivity contribution in [2.45, 2.75) is 39.2 Å². The maximum Gasteiger partial charge on any atom is 0.308 e. The lowest BCUT2D eigenvalue weighted by Gasteiger charge is -2.36. The number of carbonyl (C=O) groups excluding carboxylic acids is 3. The van der Waals surface area contributed by atoms with Gasteiger partial charge < -0.3 is 19.7 Å². The fourth-order valence-electron chi connectivity index (χ4n) is 2.82. The molecular weight excluding hydrogens is 394 g/mol. The van der Waals surface area contributed by atoms with Gasteiger partial charge in [-0.3, -0.25) is 19.7 Å². The Morgan fingerprint density at radius 2 is 1.97 bits per heavy atom. The number of hydrogen-bond acceptors (Lipinski definition) is 6. The van der Waals surface area contributed by atoms with E-state index in [2.05, 4.69) is 10.6 Å². The maximum atomic E-state index is 12.7. The number of benzene rings is 1. The minimum atomic E-state index is -0.826. The van der Waals surface area contributed by atoms with Crippen molar-refractivity contribution < 1.29 is 23.9 Å². The topological polar surface area (TPSA) is 97.0 Å². The first-order chi connectivity index (χ1) is 14.0. The number of rotatable bonds is 8. The predicted octanol–water partition coefficient (Wildman–Crippen LogP) is 1.63. The van der Waals surface area contributed by atoms with Gasteiger partial charge in [-0.25, -0.2) is 0 Å². The molecule has 1 aromatic rings. The van der Waals surface area contributed by atoms with Crippen LogP contribution in [-0.4, -0.2) is 60.1 Å². The van der Waals surface area contributed by atoms with Crippen molar-refractivity contribution in [3.8, 4) is 5.75 Å². The molecule has 9 heteroatoms. The largest absolute Gasteiger partial charge is 0.493 e. The molecule has 2 rings (SSSR count). The zero-order valence-corrected chi connectivity index (χ0v) is 17.5. The van der Waals surface area contributed by atoms with E-state index in [1.54, 1.807) is 29.2 Å². The van der Waals surface area contributed by atoms with Crippen molar-refractivity contribution in [2.24, 2.45) is 0 Å². The second kappa shape index (κ2) is 11.4. The van der Waals surface area contributed by atoms with Crippen LogP contribution >= 0.6 is 12.2 Å². The number of para-hydroxylation sites is 1. The zero-order chi connectivity index (χ0) is 21.2. The van der Waals surface area contributed by atoms with Crippen molar-refractivity contribution >= 4 is 35.1 Å². The molecule has 1 aliphatic heterocycles. The highest BCUT2D eigenvalue weighted by Crippen LogP contribution is 2.18. The van der Waals surface area contributed by atoms with Gasteiger partial charge in [0, 0.05) is 13.1 Å². The Kier molecular flexibility index (Phi) is 8.85. The van der Waals surface area contributed by atoms with Crippen LogP contribution in [0.25, 0.3) is 0 Å². The number of hydrogen-bond donors (Lipinski definition) is 2. The van der Waals surface area contributed by atoms with Crippen LogP contribution in [0.4, 0.5) is 0 Å². The summed E-state index contributed by atoms with van der Waals surface area (Å²) in [6, 6.07) is 6.05. The van der Waals surface area contributed by atoms with Gasteiger partial charge in [-0.2, -0.15) is 0 Å². The summed E-state index contributed by atoms with van der Waals surface area (Å²) in [6.07, 6.45) is 1.37. The third-order valence-electron chi connectivity index (χ3n) is 4.23. The maximum absolute atomic E-state index is 12.7. The number of ether oxygens (including phenoxy) is 2. The smallest absolute Gasteiger partial charge is 0.308 e. The Hall–Kier alpha value is -2.68.